The highest BCUT2D eigenvalue weighted by Crippen LogP contribution is 2.22. The van der Waals surface area contributed by atoms with Gasteiger partial charge in [0.1, 0.15) is 17.9 Å². The van der Waals surface area contributed by atoms with Gasteiger partial charge in [-0.25, -0.2) is 4.79 Å². The van der Waals surface area contributed by atoms with E-state index in [-0.39, 0.29) is 23.7 Å². The van der Waals surface area contributed by atoms with Gasteiger partial charge in [0.2, 0.25) is 5.91 Å². The Hall–Kier alpha value is -2.82. The number of phenolic OH excluding ortho intramolecular Hbond substituents is 1. The van der Waals surface area contributed by atoms with Gasteiger partial charge in [-0.3, -0.25) is 4.79 Å². The summed E-state index contributed by atoms with van der Waals surface area (Å²) in [4.78, 5) is 25.1. The van der Waals surface area contributed by atoms with E-state index in [1.165, 1.54) is 0 Å². The van der Waals surface area contributed by atoms with Crippen molar-refractivity contribution < 1.29 is 19.4 Å². The summed E-state index contributed by atoms with van der Waals surface area (Å²) in [5, 5.41) is 12.3. The Kier molecular flexibility index (Phi) is 7.06. The maximum absolute atomic E-state index is 12.7. The third-order valence-corrected chi connectivity index (χ3v) is 5.06. The number of aromatic hydroxyl groups is 1. The molecule has 28 heavy (non-hydrogen) atoms. The summed E-state index contributed by atoms with van der Waals surface area (Å²) >= 11 is 0. The Morgan fingerprint density at radius 1 is 1.00 bits per heavy atom. The van der Waals surface area contributed by atoms with E-state index in [1.807, 2.05) is 30.3 Å². The lowest BCUT2D eigenvalue weighted by molar-refractivity contribution is -0.152. The van der Waals surface area contributed by atoms with Crippen LogP contribution in [-0.2, 0) is 27.2 Å². The Morgan fingerprint density at radius 3 is 2.36 bits per heavy atom. The molecule has 0 spiro atoms. The maximum atomic E-state index is 12.7. The van der Waals surface area contributed by atoms with E-state index in [0.29, 0.717) is 19.3 Å². The first-order chi connectivity index (χ1) is 13.6. The molecule has 1 amide bonds. The molecule has 5 nitrogen and oxygen atoms in total. The van der Waals surface area contributed by atoms with Crippen LogP contribution >= 0.6 is 0 Å². The lowest BCUT2D eigenvalue weighted by Gasteiger charge is -2.20. The zero-order valence-electron chi connectivity index (χ0n) is 16.0. The number of amides is 1. The quantitative estimate of drug-likeness (QED) is 0.686. The average molecular weight is 381 g/mol. The smallest absolute Gasteiger partial charge is 0.329 e. The molecule has 0 heterocycles. The number of aryl methyl sites for hydroxylation is 1. The number of rotatable bonds is 8. The Balaban J connectivity index is 1.61. The van der Waals surface area contributed by atoms with E-state index in [9.17, 15) is 14.7 Å². The highest BCUT2D eigenvalue weighted by Gasteiger charge is 2.27. The van der Waals surface area contributed by atoms with Crippen LogP contribution in [0.15, 0.2) is 54.6 Å². The van der Waals surface area contributed by atoms with Crippen molar-refractivity contribution in [2.75, 3.05) is 0 Å². The summed E-state index contributed by atoms with van der Waals surface area (Å²) in [6.07, 6.45) is 5.15. The molecular formula is C23H27NO4. The summed E-state index contributed by atoms with van der Waals surface area (Å²) in [6.45, 7) is 0. The predicted octanol–water partition coefficient (Wildman–Crippen LogP) is 3.54. The number of ether oxygens (including phenoxy) is 1. The van der Waals surface area contributed by atoms with Crippen molar-refractivity contribution in [3.05, 3.63) is 65.7 Å². The number of carbonyl (C=O) groups excluding carboxylic acids is 2. The minimum Gasteiger partial charge on any atom is -0.508 e. The van der Waals surface area contributed by atoms with Gasteiger partial charge in [-0.05, 0) is 55.4 Å². The molecule has 0 bridgehead atoms. The lowest BCUT2D eigenvalue weighted by Crippen LogP contribution is -2.44. The molecule has 5 heteroatoms. The molecule has 0 saturated heterocycles. The van der Waals surface area contributed by atoms with Gasteiger partial charge < -0.3 is 15.2 Å². The van der Waals surface area contributed by atoms with E-state index in [0.717, 1.165) is 36.8 Å². The van der Waals surface area contributed by atoms with Crippen LogP contribution in [0.25, 0.3) is 0 Å². The topological polar surface area (TPSA) is 75.6 Å². The number of benzene rings is 2. The van der Waals surface area contributed by atoms with Crippen molar-refractivity contribution in [1.29, 1.82) is 0 Å². The number of hydrogen-bond acceptors (Lipinski definition) is 4. The van der Waals surface area contributed by atoms with Crippen molar-refractivity contribution in [1.82, 2.24) is 5.32 Å². The van der Waals surface area contributed by atoms with Crippen molar-refractivity contribution in [2.24, 2.45) is 0 Å². The Morgan fingerprint density at radius 2 is 1.68 bits per heavy atom. The molecule has 2 aromatic rings. The van der Waals surface area contributed by atoms with Crippen molar-refractivity contribution in [3.63, 3.8) is 0 Å². The molecule has 2 aromatic carbocycles. The third-order valence-electron chi connectivity index (χ3n) is 5.06. The van der Waals surface area contributed by atoms with Crippen LogP contribution in [0.3, 0.4) is 0 Å². The summed E-state index contributed by atoms with van der Waals surface area (Å²) in [5.41, 5.74) is 1.94. The van der Waals surface area contributed by atoms with Crippen molar-refractivity contribution >= 4 is 11.9 Å². The molecule has 1 saturated carbocycles. The molecule has 0 aromatic heterocycles. The average Bonchev–Trinajstić information content (AvgIpc) is 3.21. The van der Waals surface area contributed by atoms with Gasteiger partial charge in [0, 0.05) is 12.8 Å². The second kappa shape index (κ2) is 9.93. The van der Waals surface area contributed by atoms with Gasteiger partial charge >= 0.3 is 5.97 Å². The van der Waals surface area contributed by atoms with E-state index < -0.39 is 6.04 Å². The Bertz CT molecular complexity index is 767. The van der Waals surface area contributed by atoms with Crippen LogP contribution in [-0.4, -0.2) is 29.1 Å². The lowest BCUT2D eigenvalue weighted by atomic mass is 10.0. The third kappa shape index (κ3) is 6.12. The SMILES string of the molecule is O=C(CCc1ccccc1)N[C@@H](Cc1ccc(O)cc1)C(=O)OC1CCCC1. The van der Waals surface area contributed by atoms with Gasteiger partial charge in [-0.2, -0.15) is 0 Å². The number of esters is 1. The molecule has 2 N–H and O–H groups in total. The molecule has 1 aliphatic rings. The van der Waals surface area contributed by atoms with Gasteiger partial charge in [0.25, 0.3) is 0 Å². The minimum atomic E-state index is -0.728. The van der Waals surface area contributed by atoms with Gasteiger partial charge in [-0.1, -0.05) is 42.5 Å². The minimum absolute atomic E-state index is 0.0453. The highest BCUT2D eigenvalue weighted by molar-refractivity contribution is 5.85. The second-order valence-corrected chi connectivity index (χ2v) is 7.32. The van der Waals surface area contributed by atoms with Crippen LogP contribution in [0, 0.1) is 0 Å². The van der Waals surface area contributed by atoms with E-state index >= 15 is 0 Å². The normalized spacial score (nSPS) is 15.1. The van der Waals surface area contributed by atoms with E-state index in [4.69, 9.17) is 4.74 Å². The standard InChI is InChI=1S/C23H27NO4/c25-19-13-10-18(11-14-19)16-21(23(27)28-20-8-4-5-9-20)24-22(26)15-12-17-6-2-1-3-7-17/h1-3,6-7,10-11,13-14,20-21,25H,4-5,8-9,12,15-16H2,(H,24,26)/t21-/m0/s1. The van der Waals surface area contributed by atoms with Gasteiger partial charge in [0.15, 0.2) is 0 Å². The molecule has 3 rings (SSSR count). The molecular weight excluding hydrogens is 354 g/mol. The fraction of sp³-hybridized carbons (Fsp3) is 0.391. The fourth-order valence-electron chi connectivity index (χ4n) is 3.48. The number of nitrogens with one attached hydrogen (secondary N) is 1. The largest absolute Gasteiger partial charge is 0.508 e. The molecule has 0 radical (unpaired) electrons. The van der Waals surface area contributed by atoms with Crippen LogP contribution in [0.5, 0.6) is 5.75 Å². The summed E-state index contributed by atoms with van der Waals surface area (Å²) in [7, 11) is 0. The monoisotopic (exact) mass is 381 g/mol. The number of phenols is 1. The summed E-state index contributed by atoms with van der Waals surface area (Å²) in [6, 6.07) is 15.7. The van der Waals surface area contributed by atoms with Crippen LogP contribution in [0.1, 0.15) is 43.2 Å². The molecule has 1 fully saturated rings. The van der Waals surface area contributed by atoms with E-state index in [2.05, 4.69) is 5.32 Å². The molecule has 0 unspecified atom stereocenters. The van der Waals surface area contributed by atoms with Crippen LogP contribution < -0.4 is 5.32 Å². The fourth-order valence-corrected chi connectivity index (χ4v) is 3.48. The first kappa shape index (κ1) is 19.9. The summed E-state index contributed by atoms with van der Waals surface area (Å²) in [5.74, 6) is -0.384. The highest BCUT2D eigenvalue weighted by atomic mass is 16.5. The maximum Gasteiger partial charge on any atom is 0.329 e. The number of carbonyl (C=O) groups is 2. The van der Waals surface area contributed by atoms with Crippen LogP contribution in [0.2, 0.25) is 0 Å². The van der Waals surface area contributed by atoms with Crippen molar-refractivity contribution in [3.8, 4) is 5.75 Å². The molecule has 1 aliphatic carbocycles. The van der Waals surface area contributed by atoms with E-state index in [1.54, 1.807) is 24.3 Å². The summed E-state index contributed by atoms with van der Waals surface area (Å²) < 4.78 is 5.63. The second-order valence-electron chi connectivity index (χ2n) is 7.32. The first-order valence-electron chi connectivity index (χ1n) is 9.92. The molecule has 0 aliphatic heterocycles. The molecule has 1 atom stereocenters. The first-order valence-corrected chi connectivity index (χ1v) is 9.92. The predicted molar refractivity (Wildman–Crippen MR) is 107 cm³/mol. The zero-order valence-corrected chi connectivity index (χ0v) is 16.0. The van der Waals surface area contributed by atoms with Crippen molar-refractivity contribution in [2.45, 2.75) is 57.1 Å². The van der Waals surface area contributed by atoms with Crippen LogP contribution in [0.4, 0.5) is 0 Å². The van der Waals surface area contributed by atoms with Gasteiger partial charge in [-0.15, -0.1) is 0 Å². The zero-order chi connectivity index (χ0) is 19.8. The van der Waals surface area contributed by atoms with Gasteiger partial charge in [0.05, 0.1) is 0 Å². The number of hydrogen-bond donors (Lipinski definition) is 2. The molecule has 148 valence electrons. The Labute approximate surface area is 165 Å².